The highest BCUT2D eigenvalue weighted by Crippen LogP contribution is 2.28. The van der Waals surface area contributed by atoms with Crippen molar-refractivity contribution < 1.29 is 27.4 Å². The van der Waals surface area contributed by atoms with E-state index in [4.69, 9.17) is 31.9 Å². The van der Waals surface area contributed by atoms with Gasteiger partial charge in [-0.05, 0) is 36.4 Å². The van der Waals surface area contributed by atoms with Crippen LogP contribution in [0.2, 0.25) is 0 Å². The maximum Gasteiger partial charge on any atom is 0.343 e. The van der Waals surface area contributed by atoms with Gasteiger partial charge in [0.25, 0.3) is 10.1 Å². The lowest BCUT2D eigenvalue weighted by molar-refractivity contribution is -0.385. The summed E-state index contributed by atoms with van der Waals surface area (Å²) in [4.78, 5) is 26.4. The number of rotatable bonds is 5. The van der Waals surface area contributed by atoms with Crippen molar-refractivity contribution in [1.82, 2.24) is 0 Å². The third kappa shape index (κ3) is 8.32. The molecule has 2 aromatic carbocycles. The first kappa shape index (κ1) is 24.0. The Hall–Kier alpha value is -4.04. The van der Waals surface area contributed by atoms with Crippen molar-refractivity contribution >= 4 is 39.3 Å². The van der Waals surface area contributed by atoms with Crippen LogP contribution < -0.4 is 21.9 Å². The minimum Gasteiger partial charge on any atom is -0.416 e. The SMILES string of the molecule is CS(=O)(=O)O.N=C(N)c1ccc(OC(=O)c2ccc(N=C(N)N)cc2)c([N+](=O)[O-])c1. The lowest BCUT2D eigenvalue weighted by atomic mass is 10.1. The summed E-state index contributed by atoms with van der Waals surface area (Å²) in [6, 6.07) is 9.43. The van der Waals surface area contributed by atoms with E-state index in [1.165, 1.54) is 36.4 Å². The number of carbonyl (C=O) groups excluding carboxylic acids is 1. The largest absolute Gasteiger partial charge is 0.416 e. The molecule has 14 heteroatoms. The number of aliphatic imine (C=N–C) groups is 1. The molecule has 0 aromatic heterocycles. The van der Waals surface area contributed by atoms with Crippen LogP contribution in [0.15, 0.2) is 47.5 Å². The monoisotopic (exact) mass is 438 g/mol. The maximum absolute atomic E-state index is 12.1. The number of guanidine groups is 1. The summed E-state index contributed by atoms with van der Waals surface area (Å²) in [6.07, 6.45) is 0.715. The Bertz CT molecular complexity index is 1090. The van der Waals surface area contributed by atoms with Crippen molar-refractivity contribution in [1.29, 1.82) is 5.41 Å². The highest BCUT2D eigenvalue weighted by Gasteiger charge is 2.20. The molecule has 160 valence electrons. The number of nitrogens with one attached hydrogen (secondary N) is 1. The van der Waals surface area contributed by atoms with Gasteiger partial charge in [0, 0.05) is 11.6 Å². The summed E-state index contributed by atoms with van der Waals surface area (Å²) >= 11 is 0. The van der Waals surface area contributed by atoms with Crippen LogP contribution in [0.1, 0.15) is 15.9 Å². The normalized spacial score (nSPS) is 10.2. The first-order chi connectivity index (χ1) is 13.8. The smallest absolute Gasteiger partial charge is 0.343 e. The van der Waals surface area contributed by atoms with Gasteiger partial charge >= 0.3 is 11.7 Å². The van der Waals surface area contributed by atoms with Gasteiger partial charge in [-0.3, -0.25) is 20.1 Å². The molecular weight excluding hydrogens is 420 g/mol. The molecule has 0 radical (unpaired) electrons. The Morgan fingerprint density at radius 2 is 1.63 bits per heavy atom. The first-order valence-corrected chi connectivity index (χ1v) is 9.60. The summed E-state index contributed by atoms with van der Waals surface area (Å²) in [5, 5.41) is 18.4. The zero-order chi connectivity index (χ0) is 23.1. The van der Waals surface area contributed by atoms with E-state index >= 15 is 0 Å². The number of carbonyl (C=O) groups is 1. The Balaban J connectivity index is 0.000000804. The molecule has 8 N–H and O–H groups in total. The standard InChI is InChI=1S/C15H14N6O4.CH4O3S/c16-13(17)9-3-6-12(11(7-9)21(23)24)25-14(22)8-1-4-10(5-2-8)20-15(18)19;1-5(2,3)4/h1-7H,(H3,16,17)(H4,18,19,20);1H3,(H,2,3,4). The second kappa shape index (κ2) is 9.94. The molecule has 0 saturated heterocycles. The maximum atomic E-state index is 12.1. The summed E-state index contributed by atoms with van der Waals surface area (Å²) in [5.74, 6) is -1.52. The summed E-state index contributed by atoms with van der Waals surface area (Å²) in [6.45, 7) is 0. The van der Waals surface area contributed by atoms with Gasteiger partial charge in [-0.15, -0.1) is 0 Å². The topological polar surface area (TPSA) is 238 Å². The van der Waals surface area contributed by atoms with Crippen LogP contribution in [0.4, 0.5) is 11.4 Å². The van der Waals surface area contributed by atoms with E-state index in [1.807, 2.05) is 0 Å². The van der Waals surface area contributed by atoms with Gasteiger partial charge in [-0.1, -0.05) is 0 Å². The molecule has 0 unspecified atom stereocenters. The molecule has 0 heterocycles. The predicted molar refractivity (Wildman–Crippen MR) is 108 cm³/mol. The van der Waals surface area contributed by atoms with Gasteiger partial charge in [0.1, 0.15) is 5.84 Å². The van der Waals surface area contributed by atoms with Crippen LogP contribution in [0.5, 0.6) is 5.75 Å². The average Bonchev–Trinajstić information content (AvgIpc) is 2.60. The number of nitrogen functional groups attached to an aromatic ring is 1. The molecular formula is C16H18N6O7S. The molecule has 30 heavy (non-hydrogen) atoms. The van der Waals surface area contributed by atoms with E-state index in [0.29, 0.717) is 11.9 Å². The van der Waals surface area contributed by atoms with E-state index in [9.17, 15) is 23.3 Å². The van der Waals surface area contributed by atoms with Gasteiger partial charge in [-0.25, -0.2) is 9.79 Å². The highest BCUT2D eigenvalue weighted by atomic mass is 32.2. The van der Waals surface area contributed by atoms with Crippen LogP contribution in [0.3, 0.4) is 0 Å². The first-order valence-electron chi connectivity index (χ1n) is 7.75. The second-order valence-electron chi connectivity index (χ2n) is 5.56. The van der Waals surface area contributed by atoms with Gasteiger partial charge in [0.2, 0.25) is 5.75 Å². The van der Waals surface area contributed by atoms with Crippen LogP contribution in [-0.4, -0.2) is 41.9 Å². The van der Waals surface area contributed by atoms with E-state index in [2.05, 4.69) is 4.99 Å². The van der Waals surface area contributed by atoms with E-state index in [0.717, 1.165) is 6.07 Å². The lowest BCUT2D eigenvalue weighted by Crippen LogP contribution is -2.21. The third-order valence-corrected chi connectivity index (χ3v) is 3.03. The third-order valence-electron chi connectivity index (χ3n) is 3.03. The number of amidine groups is 1. The molecule has 0 aliphatic carbocycles. The number of nitrogens with two attached hydrogens (primary N) is 3. The van der Waals surface area contributed by atoms with Crippen LogP contribution in [0, 0.1) is 15.5 Å². The van der Waals surface area contributed by atoms with E-state index in [-0.39, 0.29) is 28.7 Å². The van der Waals surface area contributed by atoms with Gasteiger partial charge in [0.15, 0.2) is 5.96 Å². The van der Waals surface area contributed by atoms with Crippen LogP contribution >= 0.6 is 0 Å². The zero-order valence-corrected chi connectivity index (χ0v) is 16.3. The molecule has 2 aromatic rings. The Kier molecular flexibility index (Phi) is 7.95. The second-order valence-corrected chi connectivity index (χ2v) is 7.03. The molecule has 2 rings (SSSR count). The van der Waals surface area contributed by atoms with Crippen molar-refractivity contribution in [3.63, 3.8) is 0 Å². The number of esters is 1. The number of nitro benzene ring substituents is 1. The van der Waals surface area contributed by atoms with Gasteiger partial charge < -0.3 is 21.9 Å². The minimum absolute atomic E-state index is 0.128. The minimum atomic E-state index is -3.67. The van der Waals surface area contributed by atoms with Crippen molar-refractivity contribution in [3.05, 3.63) is 63.7 Å². The van der Waals surface area contributed by atoms with Gasteiger partial charge in [-0.2, -0.15) is 8.42 Å². The molecule has 0 amide bonds. The number of hydrogen-bond acceptors (Lipinski definition) is 8. The van der Waals surface area contributed by atoms with Crippen molar-refractivity contribution in [2.45, 2.75) is 0 Å². The number of hydrogen-bond donors (Lipinski definition) is 5. The lowest BCUT2D eigenvalue weighted by Gasteiger charge is -2.07. The molecule has 0 atom stereocenters. The fourth-order valence-corrected chi connectivity index (χ4v) is 1.89. The number of ether oxygens (including phenoxy) is 1. The van der Waals surface area contributed by atoms with Crippen LogP contribution in [-0.2, 0) is 10.1 Å². The average molecular weight is 438 g/mol. The molecule has 0 spiro atoms. The molecule has 0 aliphatic rings. The molecule has 0 fully saturated rings. The summed E-state index contributed by atoms with van der Waals surface area (Å²) in [7, 11) is -3.67. The molecule has 0 bridgehead atoms. The zero-order valence-electron chi connectivity index (χ0n) is 15.5. The van der Waals surface area contributed by atoms with Gasteiger partial charge in [0.05, 0.1) is 22.4 Å². The van der Waals surface area contributed by atoms with E-state index in [1.54, 1.807) is 0 Å². The van der Waals surface area contributed by atoms with Crippen molar-refractivity contribution in [3.8, 4) is 5.75 Å². The highest BCUT2D eigenvalue weighted by molar-refractivity contribution is 7.85. The molecule has 0 aliphatic heterocycles. The predicted octanol–water partition coefficient (Wildman–Crippen LogP) is 0.507. The van der Waals surface area contributed by atoms with E-state index < -0.39 is 26.7 Å². The number of nitro groups is 1. The number of nitrogens with zero attached hydrogens (tertiary/aromatic N) is 2. The quantitative estimate of drug-likeness (QED) is 0.0823. The van der Waals surface area contributed by atoms with Crippen LogP contribution in [0.25, 0.3) is 0 Å². The van der Waals surface area contributed by atoms with Crippen molar-refractivity contribution in [2.75, 3.05) is 6.26 Å². The summed E-state index contributed by atoms with van der Waals surface area (Å²) in [5.41, 5.74) is 16.1. The Morgan fingerprint density at radius 1 is 1.13 bits per heavy atom. The fourth-order valence-electron chi connectivity index (χ4n) is 1.89. The fraction of sp³-hybridized carbons (Fsp3) is 0.0625. The molecule has 13 nitrogen and oxygen atoms in total. The Labute approximate surface area is 170 Å². The Morgan fingerprint density at radius 3 is 2.07 bits per heavy atom. The van der Waals surface area contributed by atoms with Crippen molar-refractivity contribution in [2.24, 2.45) is 22.2 Å². The molecule has 0 saturated carbocycles. The number of benzene rings is 2. The summed E-state index contributed by atoms with van der Waals surface area (Å²) < 4.78 is 30.9.